The standard InChI is InChI=1S/C13H15.C2H6Si.2ClH.Zr/c1-3-10-8-12-7-5-6-11(4-2)13(12)9-10;1-3-2;;;/h5-9H,3-4H2,1-2H3;1-2H3;2*1H;/q-1;;;;+3/p-2. The van der Waals surface area contributed by atoms with Crippen molar-refractivity contribution in [2.75, 3.05) is 0 Å². The average molecular weight is 392 g/mol. The van der Waals surface area contributed by atoms with Gasteiger partial charge in [0, 0.05) is 9.52 Å². The summed E-state index contributed by atoms with van der Waals surface area (Å²) in [5.74, 6) is 0. The first-order valence-electron chi connectivity index (χ1n) is 6.02. The molecule has 0 aliphatic heterocycles. The van der Waals surface area contributed by atoms with Crippen LogP contribution in [-0.4, -0.2) is 9.52 Å². The van der Waals surface area contributed by atoms with Gasteiger partial charge < -0.3 is 24.8 Å². The Morgan fingerprint density at radius 1 is 1.05 bits per heavy atom. The van der Waals surface area contributed by atoms with Crippen molar-refractivity contribution < 1.29 is 51.0 Å². The first kappa shape index (κ1) is 24.5. The van der Waals surface area contributed by atoms with Crippen LogP contribution in [0.4, 0.5) is 0 Å². The molecular formula is C15H21Cl2SiZr. The van der Waals surface area contributed by atoms with E-state index < -0.39 is 0 Å². The van der Waals surface area contributed by atoms with Crippen molar-refractivity contribution in [2.24, 2.45) is 0 Å². The zero-order valence-electron chi connectivity index (χ0n) is 12.1. The maximum atomic E-state index is 2.33. The van der Waals surface area contributed by atoms with Gasteiger partial charge in [0.25, 0.3) is 0 Å². The molecule has 103 valence electrons. The second-order valence-electron chi connectivity index (χ2n) is 3.99. The van der Waals surface area contributed by atoms with Crippen LogP contribution in [0.3, 0.4) is 0 Å². The van der Waals surface area contributed by atoms with Crippen LogP contribution in [-0.2, 0) is 39.0 Å². The molecule has 0 atom stereocenters. The van der Waals surface area contributed by atoms with Gasteiger partial charge in [-0.05, 0) is 12.8 Å². The van der Waals surface area contributed by atoms with Crippen molar-refractivity contribution in [3.8, 4) is 0 Å². The van der Waals surface area contributed by atoms with Crippen LogP contribution in [0.15, 0.2) is 30.3 Å². The van der Waals surface area contributed by atoms with Crippen molar-refractivity contribution in [2.45, 2.75) is 39.8 Å². The fourth-order valence-corrected chi connectivity index (χ4v) is 1.87. The Morgan fingerprint density at radius 2 is 1.63 bits per heavy atom. The van der Waals surface area contributed by atoms with E-state index in [1.54, 1.807) is 0 Å². The van der Waals surface area contributed by atoms with Crippen molar-refractivity contribution >= 4 is 20.3 Å². The molecule has 2 aromatic carbocycles. The van der Waals surface area contributed by atoms with E-state index in [0.29, 0.717) is 0 Å². The minimum Gasteiger partial charge on any atom is -1.00 e. The van der Waals surface area contributed by atoms with E-state index in [0.717, 1.165) is 22.4 Å². The molecule has 0 aliphatic carbocycles. The van der Waals surface area contributed by atoms with Crippen LogP contribution < -0.4 is 24.8 Å². The molecule has 0 aliphatic rings. The minimum absolute atomic E-state index is 0. The summed E-state index contributed by atoms with van der Waals surface area (Å²) in [4.78, 5) is 0. The number of halogens is 2. The van der Waals surface area contributed by atoms with E-state index in [1.807, 2.05) is 0 Å². The largest absolute Gasteiger partial charge is 3.00 e. The van der Waals surface area contributed by atoms with E-state index in [4.69, 9.17) is 0 Å². The van der Waals surface area contributed by atoms with Crippen LogP contribution >= 0.6 is 0 Å². The third-order valence-electron chi connectivity index (χ3n) is 2.69. The summed E-state index contributed by atoms with van der Waals surface area (Å²) >= 11 is 0. The van der Waals surface area contributed by atoms with Crippen LogP contribution in [0.1, 0.15) is 25.0 Å². The summed E-state index contributed by atoms with van der Waals surface area (Å²) < 4.78 is 0. The Hall–Kier alpha value is 0.510. The molecule has 0 saturated heterocycles. The molecule has 0 heterocycles. The molecule has 3 radical (unpaired) electrons. The predicted octanol–water partition coefficient (Wildman–Crippen LogP) is -1.52. The quantitative estimate of drug-likeness (QED) is 0.431. The van der Waals surface area contributed by atoms with Crippen LogP contribution in [0.25, 0.3) is 10.8 Å². The zero-order chi connectivity index (χ0) is 12.0. The molecule has 0 amide bonds. The van der Waals surface area contributed by atoms with Crippen molar-refractivity contribution in [3.05, 3.63) is 41.5 Å². The third-order valence-corrected chi connectivity index (χ3v) is 2.69. The van der Waals surface area contributed by atoms with Gasteiger partial charge in [-0.2, -0.15) is 6.07 Å². The van der Waals surface area contributed by atoms with Crippen LogP contribution in [0.5, 0.6) is 0 Å². The average Bonchev–Trinajstić information content (AvgIpc) is 2.72. The van der Waals surface area contributed by atoms with E-state index in [-0.39, 0.29) is 51.0 Å². The molecular weight excluding hydrogens is 370 g/mol. The van der Waals surface area contributed by atoms with Gasteiger partial charge >= 0.3 is 26.2 Å². The second kappa shape index (κ2) is 13.5. The fraction of sp³-hybridized carbons (Fsp3) is 0.400. The summed E-state index contributed by atoms with van der Waals surface area (Å²) in [6, 6.07) is 11.2. The van der Waals surface area contributed by atoms with E-state index in [2.05, 4.69) is 57.3 Å². The summed E-state index contributed by atoms with van der Waals surface area (Å²) in [6.07, 6.45) is 2.27. The molecule has 0 bridgehead atoms. The molecule has 0 fully saturated rings. The Balaban J connectivity index is -0.000000393. The molecule has 0 spiro atoms. The molecule has 0 aromatic heterocycles. The molecule has 19 heavy (non-hydrogen) atoms. The number of hydrogen-bond acceptors (Lipinski definition) is 0. The third kappa shape index (κ3) is 7.18. The van der Waals surface area contributed by atoms with Gasteiger partial charge in [0.15, 0.2) is 0 Å². The maximum Gasteiger partial charge on any atom is 3.00 e. The molecule has 0 nitrogen and oxygen atoms in total. The molecule has 0 unspecified atom stereocenters. The zero-order valence-corrected chi connectivity index (χ0v) is 17.0. The van der Waals surface area contributed by atoms with Crippen LogP contribution in [0.2, 0.25) is 13.1 Å². The smallest absolute Gasteiger partial charge is 1.00 e. The van der Waals surface area contributed by atoms with Gasteiger partial charge in [0.2, 0.25) is 0 Å². The predicted molar refractivity (Wildman–Crippen MR) is 75.8 cm³/mol. The van der Waals surface area contributed by atoms with Crippen molar-refractivity contribution in [1.29, 1.82) is 0 Å². The summed E-state index contributed by atoms with van der Waals surface area (Å²) in [5.41, 5.74) is 2.92. The molecule has 2 rings (SSSR count). The molecule has 0 N–H and O–H groups in total. The normalized spacial score (nSPS) is 8.42. The van der Waals surface area contributed by atoms with Crippen LogP contribution in [0, 0.1) is 0 Å². The maximum absolute atomic E-state index is 2.33. The van der Waals surface area contributed by atoms with Crippen molar-refractivity contribution in [3.63, 3.8) is 0 Å². The van der Waals surface area contributed by atoms with Gasteiger partial charge in [-0.1, -0.05) is 38.6 Å². The first-order valence-corrected chi connectivity index (χ1v) is 8.02. The van der Waals surface area contributed by atoms with Gasteiger partial charge in [-0.25, -0.2) is 0 Å². The van der Waals surface area contributed by atoms with Crippen molar-refractivity contribution in [1.82, 2.24) is 0 Å². The van der Waals surface area contributed by atoms with E-state index in [1.165, 1.54) is 21.9 Å². The number of fused-ring (bicyclic) bond motifs is 1. The Bertz CT molecular complexity index is 441. The Kier molecular flexibility index (Phi) is 17.4. The summed E-state index contributed by atoms with van der Waals surface area (Å²) in [6.45, 7) is 8.73. The second-order valence-corrected chi connectivity index (χ2v) is 4.99. The summed E-state index contributed by atoms with van der Waals surface area (Å²) in [5, 5.41) is 2.85. The number of aryl methyl sites for hydroxylation is 2. The Morgan fingerprint density at radius 3 is 2.11 bits per heavy atom. The number of rotatable bonds is 2. The van der Waals surface area contributed by atoms with Gasteiger partial charge in [0.05, 0.1) is 0 Å². The molecule has 4 heteroatoms. The Labute approximate surface area is 151 Å². The van der Waals surface area contributed by atoms with E-state index in [9.17, 15) is 0 Å². The van der Waals surface area contributed by atoms with Gasteiger partial charge in [-0.15, -0.1) is 34.5 Å². The number of benzene rings is 1. The first-order chi connectivity index (χ1) is 7.76. The minimum atomic E-state index is 0. The van der Waals surface area contributed by atoms with Gasteiger partial charge in [-0.3, -0.25) is 0 Å². The summed E-state index contributed by atoms with van der Waals surface area (Å²) in [7, 11) is 1.08. The SMILES string of the molecule is CCc1cc2c(CC)cccc2[cH-]1.C[Si]C.[Cl-].[Cl-].[Zr+3]. The van der Waals surface area contributed by atoms with Gasteiger partial charge in [0.1, 0.15) is 0 Å². The topological polar surface area (TPSA) is 0 Å². The number of hydrogen-bond donors (Lipinski definition) is 0. The molecule has 0 saturated carbocycles. The fourth-order valence-electron chi connectivity index (χ4n) is 1.87. The monoisotopic (exact) mass is 389 g/mol. The molecule has 2 aromatic rings. The van der Waals surface area contributed by atoms with E-state index >= 15 is 0 Å².